The van der Waals surface area contributed by atoms with Crippen molar-refractivity contribution in [2.75, 3.05) is 10.6 Å². The maximum Gasteiger partial charge on any atom is 0.274 e. The van der Waals surface area contributed by atoms with Crippen LogP contribution in [-0.2, 0) is 11.2 Å². The molecule has 0 atom stereocenters. The van der Waals surface area contributed by atoms with Gasteiger partial charge >= 0.3 is 0 Å². The quantitative estimate of drug-likeness (QED) is 0.735. The standard InChI is InChI=1S/C20H22N4O2/c1-4-6-17-19(24-10-9-13(2)11-18(24)23-17)20(26)22-16-8-5-7-15(12-16)21-14(3)25/h5,7-12H,4,6H2,1-3H3,(H,21,25)(H,22,26). The molecule has 0 aliphatic rings. The van der Waals surface area contributed by atoms with Gasteiger partial charge in [-0.25, -0.2) is 4.98 Å². The second kappa shape index (κ2) is 7.39. The Morgan fingerprint density at radius 3 is 2.54 bits per heavy atom. The predicted octanol–water partition coefficient (Wildman–Crippen LogP) is 3.81. The third-order valence-corrected chi connectivity index (χ3v) is 4.00. The number of carbonyl (C=O) groups excluding carboxylic acids is 2. The van der Waals surface area contributed by atoms with Crippen LogP contribution in [-0.4, -0.2) is 21.2 Å². The Hall–Kier alpha value is -3.15. The van der Waals surface area contributed by atoms with Gasteiger partial charge in [-0.3, -0.25) is 14.0 Å². The van der Waals surface area contributed by atoms with Gasteiger partial charge in [-0.05, 0) is 49.2 Å². The highest BCUT2D eigenvalue weighted by Gasteiger charge is 2.19. The van der Waals surface area contributed by atoms with Crippen LogP contribution in [0.2, 0.25) is 0 Å². The predicted molar refractivity (Wildman–Crippen MR) is 103 cm³/mol. The van der Waals surface area contributed by atoms with Crippen LogP contribution in [0.15, 0.2) is 42.6 Å². The van der Waals surface area contributed by atoms with Gasteiger partial charge in [-0.15, -0.1) is 0 Å². The number of aryl methyl sites for hydroxylation is 2. The van der Waals surface area contributed by atoms with Crippen molar-refractivity contribution >= 4 is 28.8 Å². The molecule has 0 bridgehead atoms. The summed E-state index contributed by atoms with van der Waals surface area (Å²) in [6.07, 6.45) is 3.51. The minimum atomic E-state index is -0.218. The molecule has 0 fully saturated rings. The fourth-order valence-corrected chi connectivity index (χ4v) is 2.92. The smallest absolute Gasteiger partial charge is 0.274 e. The van der Waals surface area contributed by atoms with Crippen LogP contribution >= 0.6 is 0 Å². The number of nitrogens with zero attached hydrogens (tertiary/aromatic N) is 2. The number of rotatable bonds is 5. The van der Waals surface area contributed by atoms with Crippen LogP contribution in [0.3, 0.4) is 0 Å². The van der Waals surface area contributed by atoms with E-state index >= 15 is 0 Å². The number of hydrogen-bond acceptors (Lipinski definition) is 3. The van der Waals surface area contributed by atoms with Gasteiger partial charge in [0.05, 0.1) is 5.69 Å². The summed E-state index contributed by atoms with van der Waals surface area (Å²) in [7, 11) is 0. The zero-order chi connectivity index (χ0) is 18.7. The molecule has 2 aromatic heterocycles. The summed E-state index contributed by atoms with van der Waals surface area (Å²) in [5.74, 6) is -0.374. The lowest BCUT2D eigenvalue weighted by Crippen LogP contribution is -2.16. The molecule has 6 heteroatoms. The van der Waals surface area contributed by atoms with Gasteiger partial charge in [0.1, 0.15) is 11.3 Å². The van der Waals surface area contributed by atoms with Crippen molar-refractivity contribution in [3.63, 3.8) is 0 Å². The molecule has 6 nitrogen and oxygen atoms in total. The first-order valence-corrected chi connectivity index (χ1v) is 8.64. The highest BCUT2D eigenvalue weighted by atomic mass is 16.2. The van der Waals surface area contributed by atoms with E-state index in [1.54, 1.807) is 24.3 Å². The summed E-state index contributed by atoms with van der Waals surface area (Å²) in [5, 5.41) is 5.63. The molecule has 0 aliphatic heterocycles. The van der Waals surface area contributed by atoms with Crippen LogP contribution in [0.25, 0.3) is 5.65 Å². The number of anilines is 2. The molecule has 2 N–H and O–H groups in total. The molecule has 2 heterocycles. The summed E-state index contributed by atoms with van der Waals surface area (Å²) in [4.78, 5) is 28.8. The Balaban J connectivity index is 1.94. The van der Waals surface area contributed by atoms with Crippen molar-refractivity contribution in [2.45, 2.75) is 33.6 Å². The lowest BCUT2D eigenvalue weighted by Gasteiger charge is -2.09. The Kier molecular flexibility index (Phi) is 5.02. The zero-order valence-electron chi connectivity index (χ0n) is 15.2. The second-order valence-corrected chi connectivity index (χ2v) is 6.31. The van der Waals surface area contributed by atoms with Crippen LogP contribution < -0.4 is 10.6 Å². The first-order valence-electron chi connectivity index (χ1n) is 8.64. The lowest BCUT2D eigenvalue weighted by molar-refractivity contribution is -0.114. The number of imidazole rings is 1. The molecular formula is C20H22N4O2. The Morgan fingerprint density at radius 2 is 1.85 bits per heavy atom. The van der Waals surface area contributed by atoms with Crippen molar-refractivity contribution in [2.24, 2.45) is 0 Å². The average Bonchev–Trinajstić information content (AvgIpc) is 2.92. The number of hydrogen-bond donors (Lipinski definition) is 2. The fraction of sp³-hybridized carbons (Fsp3) is 0.250. The Labute approximate surface area is 152 Å². The van der Waals surface area contributed by atoms with Crippen molar-refractivity contribution in [3.05, 3.63) is 59.5 Å². The van der Waals surface area contributed by atoms with E-state index in [2.05, 4.69) is 22.5 Å². The topological polar surface area (TPSA) is 75.5 Å². The first-order chi connectivity index (χ1) is 12.5. The van der Waals surface area contributed by atoms with E-state index in [4.69, 9.17) is 0 Å². The molecule has 0 unspecified atom stereocenters. The van der Waals surface area contributed by atoms with Crippen LogP contribution in [0.1, 0.15) is 42.0 Å². The molecule has 1 aromatic carbocycles. The monoisotopic (exact) mass is 350 g/mol. The minimum absolute atomic E-state index is 0.157. The molecular weight excluding hydrogens is 328 g/mol. The van der Waals surface area contributed by atoms with Gasteiger partial charge in [-0.2, -0.15) is 0 Å². The van der Waals surface area contributed by atoms with E-state index < -0.39 is 0 Å². The van der Waals surface area contributed by atoms with E-state index in [9.17, 15) is 9.59 Å². The summed E-state index contributed by atoms with van der Waals surface area (Å²) in [6, 6.07) is 11.0. The molecule has 0 spiro atoms. The third-order valence-electron chi connectivity index (χ3n) is 4.00. The number of carbonyl (C=O) groups is 2. The SMILES string of the molecule is CCCc1nc2cc(C)ccn2c1C(=O)Nc1cccc(NC(C)=O)c1. The summed E-state index contributed by atoms with van der Waals surface area (Å²) < 4.78 is 1.82. The zero-order valence-corrected chi connectivity index (χ0v) is 15.2. The first kappa shape index (κ1) is 17.7. The number of amides is 2. The molecule has 0 saturated carbocycles. The number of aromatic nitrogens is 2. The van der Waals surface area contributed by atoms with Crippen molar-refractivity contribution in [1.82, 2.24) is 9.38 Å². The molecule has 0 aliphatic carbocycles. The van der Waals surface area contributed by atoms with Gasteiger partial charge in [0, 0.05) is 24.5 Å². The molecule has 3 aromatic rings. The van der Waals surface area contributed by atoms with Gasteiger partial charge < -0.3 is 10.6 Å². The minimum Gasteiger partial charge on any atom is -0.326 e. The van der Waals surface area contributed by atoms with E-state index in [-0.39, 0.29) is 11.8 Å². The Bertz CT molecular complexity index is 975. The van der Waals surface area contributed by atoms with Crippen LogP contribution in [0.4, 0.5) is 11.4 Å². The highest BCUT2D eigenvalue weighted by molar-refractivity contribution is 6.05. The van der Waals surface area contributed by atoms with Crippen molar-refractivity contribution in [3.8, 4) is 0 Å². The van der Waals surface area contributed by atoms with Gasteiger partial charge in [0.2, 0.25) is 5.91 Å². The maximum absolute atomic E-state index is 12.9. The Morgan fingerprint density at radius 1 is 1.12 bits per heavy atom. The van der Waals surface area contributed by atoms with E-state index in [0.717, 1.165) is 29.7 Å². The second-order valence-electron chi connectivity index (χ2n) is 6.31. The van der Waals surface area contributed by atoms with Gasteiger partial charge in [-0.1, -0.05) is 19.4 Å². The van der Waals surface area contributed by atoms with E-state index in [1.165, 1.54) is 6.92 Å². The molecule has 134 valence electrons. The van der Waals surface area contributed by atoms with Gasteiger partial charge in [0.15, 0.2) is 0 Å². The lowest BCUT2D eigenvalue weighted by atomic mass is 10.2. The molecule has 26 heavy (non-hydrogen) atoms. The van der Waals surface area contributed by atoms with E-state index in [1.807, 2.05) is 29.7 Å². The molecule has 0 saturated heterocycles. The average molecular weight is 350 g/mol. The number of pyridine rings is 1. The van der Waals surface area contributed by atoms with Crippen LogP contribution in [0, 0.1) is 6.92 Å². The van der Waals surface area contributed by atoms with Crippen LogP contribution in [0.5, 0.6) is 0 Å². The van der Waals surface area contributed by atoms with Gasteiger partial charge in [0.25, 0.3) is 5.91 Å². The van der Waals surface area contributed by atoms with Crippen molar-refractivity contribution < 1.29 is 9.59 Å². The number of benzene rings is 1. The summed E-state index contributed by atoms with van der Waals surface area (Å²) in [5.41, 5.74) is 4.45. The maximum atomic E-state index is 12.9. The molecule has 0 radical (unpaired) electrons. The molecule has 3 rings (SSSR count). The summed E-state index contributed by atoms with van der Waals surface area (Å²) in [6.45, 7) is 5.51. The summed E-state index contributed by atoms with van der Waals surface area (Å²) >= 11 is 0. The number of fused-ring (bicyclic) bond motifs is 1. The van der Waals surface area contributed by atoms with Crippen molar-refractivity contribution in [1.29, 1.82) is 0 Å². The normalized spacial score (nSPS) is 10.7. The number of nitrogens with one attached hydrogen (secondary N) is 2. The largest absolute Gasteiger partial charge is 0.326 e. The third kappa shape index (κ3) is 3.74. The highest BCUT2D eigenvalue weighted by Crippen LogP contribution is 2.20. The molecule has 2 amide bonds. The fourth-order valence-electron chi connectivity index (χ4n) is 2.92. The van der Waals surface area contributed by atoms with E-state index in [0.29, 0.717) is 17.1 Å².